The molecule has 0 aliphatic carbocycles. The van der Waals surface area contributed by atoms with Crippen LogP contribution in [0.25, 0.3) is 11.1 Å². The van der Waals surface area contributed by atoms with E-state index in [2.05, 4.69) is 75.4 Å². The van der Waals surface area contributed by atoms with Crippen LogP contribution < -0.4 is 16.0 Å². The van der Waals surface area contributed by atoms with Crippen molar-refractivity contribution in [2.24, 2.45) is 0 Å². The van der Waals surface area contributed by atoms with E-state index in [1.807, 2.05) is 48.2 Å². The van der Waals surface area contributed by atoms with Gasteiger partial charge >= 0.3 is 0 Å². The predicted octanol–water partition coefficient (Wildman–Crippen LogP) is 7.91. The highest BCUT2D eigenvalue weighted by Gasteiger charge is 2.45. The third-order valence-corrected chi connectivity index (χ3v) is 9.71. The number of anilines is 1. The summed E-state index contributed by atoms with van der Waals surface area (Å²) in [6.07, 6.45) is 11.6. The fourth-order valence-electron chi connectivity index (χ4n) is 6.87. The van der Waals surface area contributed by atoms with Crippen molar-refractivity contribution >= 4 is 28.6 Å². The number of allylic oxidation sites excluding steroid dienone is 7. The van der Waals surface area contributed by atoms with Crippen molar-refractivity contribution in [1.29, 1.82) is 5.26 Å². The first-order valence-electron chi connectivity index (χ1n) is 17.0. The first-order chi connectivity index (χ1) is 22.6. The molecule has 2 aliphatic rings. The highest BCUT2D eigenvalue weighted by molar-refractivity contribution is 5.96. The van der Waals surface area contributed by atoms with E-state index in [1.54, 1.807) is 6.08 Å². The van der Waals surface area contributed by atoms with Crippen LogP contribution in [0.15, 0.2) is 72.4 Å². The molecule has 0 unspecified atom stereocenters. The van der Waals surface area contributed by atoms with Gasteiger partial charge in [-0.1, -0.05) is 63.6 Å². The fraction of sp³-hybridized carbons (Fsp3) is 0.425. The topological polar surface area (TPSA) is 97.3 Å². The number of hydrogen-bond donors (Lipinski definition) is 3. The van der Waals surface area contributed by atoms with Crippen molar-refractivity contribution < 1.29 is 9.59 Å². The van der Waals surface area contributed by atoms with Gasteiger partial charge in [-0.15, -0.1) is 0 Å². The second-order valence-electron chi connectivity index (χ2n) is 13.0. The van der Waals surface area contributed by atoms with Crippen LogP contribution >= 0.6 is 0 Å². The van der Waals surface area contributed by atoms with E-state index in [9.17, 15) is 14.9 Å². The van der Waals surface area contributed by atoms with Gasteiger partial charge in [0.05, 0.1) is 17.9 Å². The summed E-state index contributed by atoms with van der Waals surface area (Å²) >= 11 is 0. The largest absolute Gasteiger partial charge is 0.381 e. The molecule has 1 spiro atoms. The van der Waals surface area contributed by atoms with Gasteiger partial charge in [0.15, 0.2) is 0 Å². The van der Waals surface area contributed by atoms with Crippen LogP contribution in [0.4, 0.5) is 5.69 Å². The molecule has 4 rings (SSSR count). The molecule has 0 radical (unpaired) electrons. The van der Waals surface area contributed by atoms with E-state index in [-0.39, 0.29) is 11.8 Å². The Bertz CT molecular complexity index is 1630. The Labute approximate surface area is 281 Å². The van der Waals surface area contributed by atoms with Gasteiger partial charge < -0.3 is 15.5 Å². The van der Waals surface area contributed by atoms with Crippen molar-refractivity contribution in [2.45, 2.75) is 91.6 Å². The molecule has 2 amide bonds. The lowest BCUT2D eigenvalue weighted by molar-refractivity contribution is -0.125. The second kappa shape index (κ2) is 15.9. The number of nitrogens with zero attached hydrogens (tertiary/aromatic N) is 2. The molecular formula is C40H51N5O2. The molecule has 2 fully saturated rings. The molecule has 3 N–H and O–H groups in total. The summed E-state index contributed by atoms with van der Waals surface area (Å²) in [5, 5.41) is 19.8. The van der Waals surface area contributed by atoms with Gasteiger partial charge in [-0.25, -0.2) is 0 Å². The molecule has 248 valence electrons. The molecule has 47 heavy (non-hydrogen) atoms. The molecule has 7 heteroatoms. The highest BCUT2D eigenvalue weighted by atomic mass is 16.2. The number of nitrogens with one attached hydrogen (secondary N) is 3. The summed E-state index contributed by atoms with van der Waals surface area (Å²) in [5.41, 5.74) is 9.08. The SMILES string of the molecule is C=C\C=C(/C(C)=C(C)/C=C(\C)c1ccc(C(=O)N2CCC3(CC2)NCNC3=O)cc1C)c1ccc(NC(CCC)CCC)c(C#N)c1. The zero-order valence-corrected chi connectivity index (χ0v) is 29.1. The number of hydrogen-bond acceptors (Lipinski definition) is 5. The van der Waals surface area contributed by atoms with Gasteiger partial charge in [0.25, 0.3) is 5.91 Å². The van der Waals surface area contributed by atoms with E-state index in [4.69, 9.17) is 0 Å². The normalized spacial score (nSPS) is 17.0. The minimum atomic E-state index is -0.534. The lowest BCUT2D eigenvalue weighted by atomic mass is 9.87. The Kier molecular flexibility index (Phi) is 12.0. The minimum Gasteiger partial charge on any atom is -0.381 e. The van der Waals surface area contributed by atoms with E-state index < -0.39 is 5.54 Å². The lowest BCUT2D eigenvalue weighted by Crippen LogP contribution is -2.55. The maximum absolute atomic E-state index is 13.4. The molecule has 2 aromatic carbocycles. The summed E-state index contributed by atoms with van der Waals surface area (Å²) in [5.74, 6) is 0.0454. The van der Waals surface area contributed by atoms with Crippen LogP contribution in [0.5, 0.6) is 0 Å². The van der Waals surface area contributed by atoms with E-state index in [0.717, 1.165) is 70.4 Å². The molecule has 0 aromatic heterocycles. The van der Waals surface area contributed by atoms with Crippen LogP contribution in [-0.4, -0.2) is 48.1 Å². The van der Waals surface area contributed by atoms with Crippen LogP contribution in [0.2, 0.25) is 0 Å². The summed E-state index contributed by atoms with van der Waals surface area (Å²) in [7, 11) is 0. The van der Waals surface area contributed by atoms with E-state index >= 15 is 0 Å². The fourth-order valence-corrected chi connectivity index (χ4v) is 6.87. The number of rotatable bonds is 12. The van der Waals surface area contributed by atoms with Gasteiger partial charge in [-0.3, -0.25) is 14.9 Å². The molecule has 2 saturated heterocycles. The summed E-state index contributed by atoms with van der Waals surface area (Å²) in [6.45, 7) is 18.3. The standard InChI is InChI=1S/C40H51N5O2/c1-8-11-34(12-9-2)44-37-17-15-31(24-33(37)25-41)36(13-10-3)30(7)27(4)22-28(5)35-16-14-32(23-29(35)6)38(46)45-20-18-40(19-21-45)39(47)42-26-43-40/h10,13-17,22-24,34,43-44H,3,8-9,11-12,18-21,26H2,1-2,4-7H3,(H,42,47)/b28-22+,30-27+,36-13+. The summed E-state index contributed by atoms with van der Waals surface area (Å²) in [4.78, 5) is 27.5. The van der Waals surface area contributed by atoms with E-state index in [0.29, 0.717) is 49.8 Å². The van der Waals surface area contributed by atoms with Crippen molar-refractivity contribution in [3.8, 4) is 6.07 Å². The number of piperidine rings is 1. The van der Waals surface area contributed by atoms with Gasteiger partial charge in [0, 0.05) is 24.7 Å². The zero-order valence-electron chi connectivity index (χ0n) is 29.1. The number of nitriles is 1. The summed E-state index contributed by atoms with van der Waals surface area (Å²) in [6, 6.07) is 14.8. The average molecular weight is 634 g/mol. The Morgan fingerprint density at radius 2 is 1.77 bits per heavy atom. The van der Waals surface area contributed by atoms with Crippen molar-refractivity contribution in [2.75, 3.05) is 25.1 Å². The number of aryl methyl sites for hydroxylation is 1. The number of likely N-dealkylation sites (tertiary alicyclic amines) is 1. The molecule has 0 bridgehead atoms. The smallest absolute Gasteiger partial charge is 0.253 e. The average Bonchev–Trinajstić information content (AvgIpc) is 3.42. The number of benzene rings is 2. The maximum Gasteiger partial charge on any atom is 0.253 e. The maximum atomic E-state index is 13.4. The van der Waals surface area contributed by atoms with Crippen LogP contribution in [-0.2, 0) is 4.79 Å². The Hall–Kier alpha value is -4.41. The van der Waals surface area contributed by atoms with Crippen LogP contribution in [0.3, 0.4) is 0 Å². The molecule has 2 aromatic rings. The predicted molar refractivity (Wildman–Crippen MR) is 194 cm³/mol. The zero-order chi connectivity index (χ0) is 34.1. The quantitative estimate of drug-likeness (QED) is 0.207. The number of carbonyl (C=O) groups excluding carboxylic acids is 2. The van der Waals surface area contributed by atoms with Crippen LogP contribution in [0, 0.1) is 18.3 Å². The Morgan fingerprint density at radius 3 is 2.34 bits per heavy atom. The second-order valence-corrected chi connectivity index (χ2v) is 13.0. The third-order valence-electron chi connectivity index (χ3n) is 9.71. The monoisotopic (exact) mass is 633 g/mol. The summed E-state index contributed by atoms with van der Waals surface area (Å²) < 4.78 is 0. The highest BCUT2D eigenvalue weighted by Crippen LogP contribution is 2.32. The molecule has 2 aliphatic heterocycles. The van der Waals surface area contributed by atoms with Crippen molar-refractivity contribution in [3.05, 3.63) is 100 Å². The van der Waals surface area contributed by atoms with Crippen molar-refractivity contribution in [1.82, 2.24) is 15.5 Å². The van der Waals surface area contributed by atoms with Gasteiger partial charge in [0.1, 0.15) is 11.6 Å². The van der Waals surface area contributed by atoms with Crippen LogP contribution in [0.1, 0.15) is 106 Å². The third kappa shape index (κ3) is 8.12. The molecule has 2 heterocycles. The Balaban J connectivity index is 1.53. The van der Waals surface area contributed by atoms with Gasteiger partial charge in [-0.2, -0.15) is 5.26 Å². The van der Waals surface area contributed by atoms with Crippen molar-refractivity contribution in [3.63, 3.8) is 0 Å². The Morgan fingerprint density at radius 1 is 1.09 bits per heavy atom. The number of carbonyl (C=O) groups is 2. The molecule has 0 atom stereocenters. The molecule has 7 nitrogen and oxygen atoms in total. The first kappa shape index (κ1) is 35.4. The van der Waals surface area contributed by atoms with E-state index in [1.165, 1.54) is 0 Å². The molecular weight excluding hydrogens is 582 g/mol. The minimum absolute atomic E-state index is 0.00451. The van der Waals surface area contributed by atoms with Gasteiger partial charge in [-0.05, 0) is 117 Å². The molecule has 0 saturated carbocycles. The van der Waals surface area contributed by atoms with Gasteiger partial charge in [0.2, 0.25) is 5.91 Å². The first-order valence-corrected chi connectivity index (χ1v) is 17.0. The lowest BCUT2D eigenvalue weighted by Gasteiger charge is -2.37. The number of amides is 2.